The summed E-state index contributed by atoms with van der Waals surface area (Å²) in [7, 11) is 0. The van der Waals surface area contributed by atoms with Crippen LogP contribution < -0.4 is 10.6 Å². The van der Waals surface area contributed by atoms with Crippen molar-refractivity contribution < 1.29 is 24.6 Å². The number of likely N-dealkylation sites (tertiary alicyclic amines) is 1. The van der Waals surface area contributed by atoms with Gasteiger partial charge in [-0.05, 0) is 39.5 Å². The third-order valence-electron chi connectivity index (χ3n) is 5.01. The molecule has 3 atom stereocenters. The number of aliphatic hydroxyl groups excluding tert-OH is 1. The van der Waals surface area contributed by atoms with E-state index in [-0.39, 0.29) is 18.9 Å². The van der Waals surface area contributed by atoms with Gasteiger partial charge in [-0.1, -0.05) is 19.3 Å². The number of urea groups is 1. The number of β-amino-alcohol motifs (C(OH)–C–C–N with tert-alkyl or cyclic N) is 1. The van der Waals surface area contributed by atoms with Crippen molar-refractivity contribution >= 4 is 17.9 Å². The van der Waals surface area contributed by atoms with Crippen molar-refractivity contribution in [2.75, 3.05) is 6.54 Å². The highest BCUT2D eigenvalue weighted by Gasteiger charge is 2.43. The molecular weight excluding hydrogens is 338 g/mol. The van der Waals surface area contributed by atoms with E-state index in [0.717, 1.165) is 32.1 Å². The van der Waals surface area contributed by atoms with Crippen LogP contribution in [0.5, 0.6) is 0 Å². The van der Waals surface area contributed by atoms with Gasteiger partial charge in [-0.15, -0.1) is 0 Å². The fourth-order valence-corrected chi connectivity index (χ4v) is 3.84. The summed E-state index contributed by atoms with van der Waals surface area (Å²) < 4.78 is 0. The Morgan fingerprint density at radius 2 is 1.73 bits per heavy atom. The van der Waals surface area contributed by atoms with Crippen LogP contribution in [-0.2, 0) is 9.59 Å². The summed E-state index contributed by atoms with van der Waals surface area (Å²) in [5.74, 6) is -1.56. The Hall–Kier alpha value is -1.83. The zero-order valence-corrected chi connectivity index (χ0v) is 15.8. The van der Waals surface area contributed by atoms with Crippen LogP contribution in [0, 0.1) is 5.92 Å². The molecule has 1 saturated heterocycles. The molecule has 0 bridgehead atoms. The fourth-order valence-electron chi connectivity index (χ4n) is 3.84. The summed E-state index contributed by atoms with van der Waals surface area (Å²) >= 11 is 0. The number of nitrogens with one attached hydrogen (secondary N) is 2. The van der Waals surface area contributed by atoms with E-state index in [2.05, 4.69) is 10.6 Å². The van der Waals surface area contributed by atoms with Gasteiger partial charge in [0.15, 0.2) is 0 Å². The molecule has 8 heteroatoms. The van der Waals surface area contributed by atoms with Crippen LogP contribution in [0.1, 0.15) is 59.3 Å². The van der Waals surface area contributed by atoms with Gasteiger partial charge in [0.25, 0.3) is 0 Å². The molecule has 2 fully saturated rings. The Morgan fingerprint density at radius 1 is 1.12 bits per heavy atom. The summed E-state index contributed by atoms with van der Waals surface area (Å²) in [4.78, 5) is 38.1. The smallest absolute Gasteiger partial charge is 0.326 e. The van der Waals surface area contributed by atoms with Gasteiger partial charge < -0.3 is 25.7 Å². The molecule has 1 heterocycles. The minimum absolute atomic E-state index is 0.0123. The highest BCUT2D eigenvalue weighted by molar-refractivity contribution is 5.91. The first-order valence-corrected chi connectivity index (χ1v) is 9.38. The molecule has 0 aromatic rings. The zero-order valence-electron chi connectivity index (χ0n) is 15.8. The first-order valence-electron chi connectivity index (χ1n) is 9.38. The molecule has 0 aromatic carbocycles. The SMILES string of the molecule is CC(C)(C)NC(=O)N[C@H](C(=O)N1C[C@H](O)C[C@H]1C(=O)O)C1CCCCC1. The molecule has 2 rings (SSSR count). The number of hydrogen-bond donors (Lipinski definition) is 4. The van der Waals surface area contributed by atoms with Gasteiger partial charge in [0.1, 0.15) is 12.1 Å². The molecule has 2 aliphatic rings. The van der Waals surface area contributed by atoms with Crippen LogP contribution in [0.4, 0.5) is 4.79 Å². The van der Waals surface area contributed by atoms with Crippen molar-refractivity contribution in [2.24, 2.45) is 5.92 Å². The lowest BCUT2D eigenvalue weighted by Gasteiger charge is -2.34. The number of carbonyl (C=O) groups is 3. The molecule has 0 spiro atoms. The van der Waals surface area contributed by atoms with E-state index in [4.69, 9.17) is 0 Å². The number of nitrogens with zero attached hydrogens (tertiary/aromatic N) is 1. The minimum Gasteiger partial charge on any atom is -0.480 e. The van der Waals surface area contributed by atoms with Crippen LogP contribution >= 0.6 is 0 Å². The van der Waals surface area contributed by atoms with E-state index in [1.807, 2.05) is 20.8 Å². The lowest BCUT2D eigenvalue weighted by molar-refractivity contribution is -0.149. The summed E-state index contributed by atoms with van der Waals surface area (Å²) in [5.41, 5.74) is -0.447. The van der Waals surface area contributed by atoms with Crippen molar-refractivity contribution in [1.82, 2.24) is 15.5 Å². The number of rotatable bonds is 4. The first-order chi connectivity index (χ1) is 12.1. The lowest BCUT2D eigenvalue weighted by Crippen LogP contribution is -2.58. The molecule has 0 radical (unpaired) electrons. The molecule has 1 aliphatic heterocycles. The molecule has 8 nitrogen and oxygen atoms in total. The maximum absolute atomic E-state index is 13.1. The number of carbonyl (C=O) groups excluding carboxylic acids is 2. The third kappa shape index (κ3) is 5.33. The van der Waals surface area contributed by atoms with E-state index < -0.39 is 41.6 Å². The van der Waals surface area contributed by atoms with E-state index in [1.165, 1.54) is 4.90 Å². The first kappa shape index (κ1) is 20.5. The Morgan fingerprint density at radius 3 is 2.27 bits per heavy atom. The van der Waals surface area contributed by atoms with Crippen molar-refractivity contribution in [2.45, 2.75) is 83.0 Å². The van der Waals surface area contributed by atoms with Gasteiger partial charge in [-0.25, -0.2) is 9.59 Å². The molecule has 148 valence electrons. The lowest BCUT2D eigenvalue weighted by atomic mass is 9.83. The number of amides is 3. The van der Waals surface area contributed by atoms with Crippen LogP contribution in [0.15, 0.2) is 0 Å². The molecule has 3 amide bonds. The molecular formula is C18H31N3O5. The average molecular weight is 369 g/mol. The van der Waals surface area contributed by atoms with Gasteiger partial charge in [0, 0.05) is 18.5 Å². The van der Waals surface area contributed by atoms with Gasteiger partial charge in [-0.2, -0.15) is 0 Å². The number of aliphatic carboxylic acids is 1. The normalized spacial score (nSPS) is 25.6. The second-order valence-corrected chi connectivity index (χ2v) is 8.46. The van der Waals surface area contributed by atoms with Gasteiger partial charge in [-0.3, -0.25) is 4.79 Å². The molecule has 26 heavy (non-hydrogen) atoms. The van der Waals surface area contributed by atoms with Crippen LogP contribution in [0.25, 0.3) is 0 Å². The Balaban J connectivity index is 2.17. The third-order valence-corrected chi connectivity index (χ3v) is 5.01. The van der Waals surface area contributed by atoms with Gasteiger partial charge in [0.05, 0.1) is 6.10 Å². The van der Waals surface area contributed by atoms with Crippen molar-refractivity contribution in [3.05, 3.63) is 0 Å². The van der Waals surface area contributed by atoms with Crippen LogP contribution in [0.3, 0.4) is 0 Å². The Kier molecular flexibility index (Phi) is 6.49. The Bertz CT molecular complexity index is 539. The van der Waals surface area contributed by atoms with Gasteiger partial charge in [0.2, 0.25) is 5.91 Å². The largest absolute Gasteiger partial charge is 0.480 e. The molecule has 0 aromatic heterocycles. The number of aliphatic hydroxyl groups is 1. The number of carboxylic acids is 1. The minimum atomic E-state index is -1.13. The predicted octanol–water partition coefficient (Wildman–Crippen LogP) is 1.08. The second kappa shape index (κ2) is 8.24. The standard InChI is InChI=1S/C18H31N3O5/c1-18(2,3)20-17(26)19-14(11-7-5-4-6-8-11)15(23)21-10-12(22)9-13(21)16(24)25/h11-14,22H,4-10H2,1-3H3,(H,24,25)(H2,19,20,26)/t12-,13+,14+/m1/s1. The molecule has 4 N–H and O–H groups in total. The summed E-state index contributed by atoms with van der Waals surface area (Å²) in [5, 5.41) is 24.8. The summed E-state index contributed by atoms with van der Waals surface area (Å²) in [6.07, 6.45) is 3.89. The van der Waals surface area contributed by atoms with Crippen molar-refractivity contribution in [3.63, 3.8) is 0 Å². The maximum Gasteiger partial charge on any atom is 0.326 e. The van der Waals surface area contributed by atoms with Crippen molar-refractivity contribution in [1.29, 1.82) is 0 Å². The van der Waals surface area contributed by atoms with Gasteiger partial charge >= 0.3 is 12.0 Å². The van der Waals surface area contributed by atoms with E-state index in [0.29, 0.717) is 0 Å². The van der Waals surface area contributed by atoms with Crippen LogP contribution in [-0.4, -0.2) is 63.3 Å². The van der Waals surface area contributed by atoms with E-state index in [9.17, 15) is 24.6 Å². The van der Waals surface area contributed by atoms with Crippen molar-refractivity contribution in [3.8, 4) is 0 Å². The highest BCUT2D eigenvalue weighted by atomic mass is 16.4. The van der Waals surface area contributed by atoms with E-state index >= 15 is 0 Å². The maximum atomic E-state index is 13.1. The second-order valence-electron chi connectivity index (χ2n) is 8.46. The summed E-state index contributed by atoms with van der Waals surface area (Å²) in [6, 6.07) is -2.26. The van der Waals surface area contributed by atoms with Crippen LogP contribution in [0.2, 0.25) is 0 Å². The molecule has 1 saturated carbocycles. The fraction of sp³-hybridized carbons (Fsp3) is 0.833. The predicted molar refractivity (Wildman–Crippen MR) is 95.5 cm³/mol. The average Bonchev–Trinajstić information content (AvgIpc) is 2.93. The zero-order chi connectivity index (χ0) is 19.5. The molecule has 1 aliphatic carbocycles. The number of hydrogen-bond acceptors (Lipinski definition) is 4. The quantitative estimate of drug-likeness (QED) is 0.591. The summed E-state index contributed by atoms with van der Waals surface area (Å²) in [6.45, 7) is 5.53. The molecule has 0 unspecified atom stereocenters. The monoisotopic (exact) mass is 369 g/mol. The Labute approximate surface area is 154 Å². The number of carboxylic acid groups (broad SMARTS) is 1. The topological polar surface area (TPSA) is 119 Å². The van der Waals surface area contributed by atoms with E-state index in [1.54, 1.807) is 0 Å². The highest BCUT2D eigenvalue weighted by Crippen LogP contribution is 2.29.